The molecule has 4 nitrogen and oxygen atoms in total. The molecule has 0 saturated heterocycles. The summed E-state index contributed by atoms with van der Waals surface area (Å²) in [6.07, 6.45) is 0.472. The molecule has 0 aromatic carbocycles. The molecule has 0 heterocycles. The molecule has 0 aliphatic carbocycles. The van der Waals surface area contributed by atoms with Crippen LogP contribution in [0.4, 0.5) is 0 Å². The first-order chi connectivity index (χ1) is 7.26. The Morgan fingerprint density at radius 3 is 2.31 bits per heavy atom. The summed E-state index contributed by atoms with van der Waals surface area (Å²) in [5, 5.41) is 15.1. The Labute approximate surface area is 98.8 Å². The molecule has 4 heteroatoms. The van der Waals surface area contributed by atoms with Crippen LogP contribution < -0.4 is 10.6 Å². The minimum atomic E-state index is 0.0205. The summed E-state index contributed by atoms with van der Waals surface area (Å²) in [6, 6.07) is 0.0205. The average molecular weight is 230 g/mol. The maximum Gasteiger partial charge on any atom is 0.221 e. The molecule has 0 aliphatic rings. The third-order valence-electron chi connectivity index (χ3n) is 2.54. The number of amides is 1. The molecule has 1 amide bonds. The van der Waals surface area contributed by atoms with Gasteiger partial charge in [0.15, 0.2) is 0 Å². The third-order valence-corrected chi connectivity index (χ3v) is 2.54. The van der Waals surface area contributed by atoms with Crippen molar-refractivity contribution in [1.82, 2.24) is 10.6 Å². The lowest BCUT2D eigenvalue weighted by Crippen LogP contribution is -2.42. The molecular weight excluding hydrogens is 204 g/mol. The van der Waals surface area contributed by atoms with Crippen LogP contribution in [0.25, 0.3) is 0 Å². The summed E-state index contributed by atoms with van der Waals surface area (Å²) in [5.74, 6) is 0.129. The van der Waals surface area contributed by atoms with Crippen LogP contribution in [-0.2, 0) is 4.79 Å². The van der Waals surface area contributed by atoms with Crippen molar-refractivity contribution in [1.29, 1.82) is 0 Å². The Kier molecular flexibility index (Phi) is 6.60. The summed E-state index contributed by atoms with van der Waals surface area (Å²) >= 11 is 0. The highest BCUT2D eigenvalue weighted by Crippen LogP contribution is 2.01. The zero-order chi connectivity index (χ0) is 12.8. The van der Waals surface area contributed by atoms with E-state index in [0.29, 0.717) is 13.0 Å². The largest absolute Gasteiger partial charge is 0.396 e. The first kappa shape index (κ1) is 15.4. The molecule has 0 fully saturated rings. The predicted octanol–water partition coefficient (Wildman–Crippen LogP) is 0.898. The number of hydrogen-bond acceptors (Lipinski definition) is 3. The topological polar surface area (TPSA) is 61.4 Å². The van der Waals surface area contributed by atoms with E-state index in [0.717, 1.165) is 0 Å². The second-order valence-electron chi connectivity index (χ2n) is 5.44. The Bertz CT molecular complexity index is 212. The lowest BCUT2D eigenvalue weighted by atomic mass is 10.1. The van der Waals surface area contributed by atoms with Crippen molar-refractivity contribution < 1.29 is 9.90 Å². The highest BCUT2D eigenvalue weighted by molar-refractivity contribution is 5.76. The Morgan fingerprint density at radius 2 is 1.88 bits per heavy atom. The minimum Gasteiger partial charge on any atom is -0.396 e. The van der Waals surface area contributed by atoms with Crippen LogP contribution >= 0.6 is 0 Å². The standard InChI is InChI=1S/C12H26N2O2/c1-9(8-15)10(2)14-11(16)6-7-13-12(3,4)5/h9-10,13,15H,6-8H2,1-5H3,(H,14,16). The molecule has 0 radical (unpaired) electrons. The molecule has 2 unspecified atom stereocenters. The van der Waals surface area contributed by atoms with E-state index in [9.17, 15) is 4.79 Å². The molecule has 0 saturated carbocycles. The van der Waals surface area contributed by atoms with Crippen molar-refractivity contribution in [2.75, 3.05) is 13.2 Å². The maximum absolute atomic E-state index is 11.5. The van der Waals surface area contributed by atoms with E-state index in [-0.39, 0.29) is 30.0 Å². The number of rotatable bonds is 6. The molecule has 0 aliphatic heterocycles. The van der Waals surface area contributed by atoms with Gasteiger partial charge in [0.1, 0.15) is 0 Å². The maximum atomic E-state index is 11.5. The van der Waals surface area contributed by atoms with E-state index in [1.165, 1.54) is 0 Å². The molecule has 0 aromatic rings. The van der Waals surface area contributed by atoms with Gasteiger partial charge in [0.25, 0.3) is 0 Å². The van der Waals surface area contributed by atoms with E-state index in [4.69, 9.17) is 5.11 Å². The van der Waals surface area contributed by atoms with Crippen molar-refractivity contribution in [3.05, 3.63) is 0 Å². The van der Waals surface area contributed by atoms with Crippen LogP contribution in [0.3, 0.4) is 0 Å². The molecule has 16 heavy (non-hydrogen) atoms. The van der Waals surface area contributed by atoms with Gasteiger partial charge in [-0.15, -0.1) is 0 Å². The van der Waals surface area contributed by atoms with Gasteiger partial charge in [-0.3, -0.25) is 4.79 Å². The summed E-state index contributed by atoms with van der Waals surface area (Å²) in [6.45, 7) is 10.8. The van der Waals surface area contributed by atoms with Crippen molar-refractivity contribution in [2.24, 2.45) is 5.92 Å². The number of aliphatic hydroxyl groups excluding tert-OH is 1. The van der Waals surface area contributed by atoms with Crippen molar-refractivity contribution >= 4 is 5.91 Å². The van der Waals surface area contributed by atoms with E-state index in [2.05, 4.69) is 31.4 Å². The third kappa shape index (κ3) is 7.65. The normalized spacial score (nSPS) is 15.6. The van der Waals surface area contributed by atoms with Crippen LogP contribution in [0.2, 0.25) is 0 Å². The van der Waals surface area contributed by atoms with Crippen LogP contribution in [0, 0.1) is 5.92 Å². The van der Waals surface area contributed by atoms with Crippen molar-refractivity contribution in [2.45, 2.75) is 52.6 Å². The van der Waals surface area contributed by atoms with Crippen molar-refractivity contribution in [3.63, 3.8) is 0 Å². The lowest BCUT2D eigenvalue weighted by Gasteiger charge is -2.22. The van der Waals surface area contributed by atoms with Gasteiger partial charge < -0.3 is 15.7 Å². The fourth-order valence-corrected chi connectivity index (χ4v) is 1.18. The molecule has 0 bridgehead atoms. The monoisotopic (exact) mass is 230 g/mol. The lowest BCUT2D eigenvalue weighted by molar-refractivity contribution is -0.122. The second kappa shape index (κ2) is 6.86. The van der Waals surface area contributed by atoms with Gasteiger partial charge in [-0.1, -0.05) is 6.92 Å². The molecule has 96 valence electrons. The van der Waals surface area contributed by atoms with Crippen molar-refractivity contribution in [3.8, 4) is 0 Å². The van der Waals surface area contributed by atoms with Gasteiger partial charge >= 0.3 is 0 Å². The number of aliphatic hydroxyl groups is 1. The fourth-order valence-electron chi connectivity index (χ4n) is 1.18. The molecule has 2 atom stereocenters. The predicted molar refractivity (Wildman–Crippen MR) is 66.2 cm³/mol. The molecule has 3 N–H and O–H groups in total. The van der Waals surface area contributed by atoms with Gasteiger partial charge in [-0.2, -0.15) is 0 Å². The first-order valence-electron chi connectivity index (χ1n) is 5.91. The molecule has 0 rings (SSSR count). The summed E-state index contributed by atoms with van der Waals surface area (Å²) < 4.78 is 0. The molecular formula is C12H26N2O2. The highest BCUT2D eigenvalue weighted by atomic mass is 16.3. The van der Waals surface area contributed by atoms with Gasteiger partial charge in [0.2, 0.25) is 5.91 Å². The Morgan fingerprint density at radius 1 is 1.31 bits per heavy atom. The number of hydrogen-bond donors (Lipinski definition) is 3. The smallest absolute Gasteiger partial charge is 0.221 e. The van der Waals surface area contributed by atoms with E-state index in [1.54, 1.807) is 0 Å². The van der Waals surface area contributed by atoms with E-state index < -0.39 is 0 Å². The van der Waals surface area contributed by atoms with Gasteiger partial charge in [-0.25, -0.2) is 0 Å². The van der Waals surface area contributed by atoms with Crippen LogP contribution in [0.1, 0.15) is 41.0 Å². The van der Waals surface area contributed by atoms with Gasteiger partial charge in [-0.05, 0) is 33.6 Å². The zero-order valence-corrected chi connectivity index (χ0v) is 11.1. The number of carbonyl (C=O) groups is 1. The minimum absolute atomic E-state index is 0.0205. The second-order valence-corrected chi connectivity index (χ2v) is 5.44. The quantitative estimate of drug-likeness (QED) is 0.635. The van der Waals surface area contributed by atoms with Crippen LogP contribution in [0.15, 0.2) is 0 Å². The zero-order valence-electron chi connectivity index (χ0n) is 11.1. The highest BCUT2D eigenvalue weighted by Gasteiger charge is 2.14. The SMILES string of the molecule is CC(CO)C(C)NC(=O)CCNC(C)(C)C. The van der Waals surface area contributed by atoms with Crippen LogP contribution in [0.5, 0.6) is 0 Å². The van der Waals surface area contributed by atoms with Crippen LogP contribution in [-0.4, -0.2) is 35.7 Å². The summed E-state index contributed by atoms with van der Waals surface area (Å²) in [5.41, 5.74) is 0.0459. The van der Waals surface area contributed by atoms with E-state index in [1.807, 2.05) is 13.8 Å². The Balaban J connectivity index is 3.75. The number of carbonyl (C=O) groups excluding carboxylic acids is 1. The fraction of sp³-hybridized carbons (Fsp3) is 0.917. The van der Waals surface area contributed by atoms with Gasteiger partial charge in [0.05, 0.1) is 0 Å². The van der Waals surface area contributed by atoms with E-state index >= 15 is 0 Å². The first-order valence-corrected chi connectivity index (χ1v) is 5.91. The number of nitrogens with one attached hydrogen (secondary N) is 2. The summed E-state index contributed by atoms with van der Waals surface area (Å²) in [4.78, 5) is 11.5. The Hall–Kier alpha value is -0.610. The average Bonchev–Trinajstić information content (AvgIpc) is 2.14. The van der Waals surface area contributed by atoms with Gasteiger partial charge in [0, 0.05) is 31.2 Å². The molecule has 0 spiro atoms. The summed E-state index contributed by atoms with van der Waals surface area (Å²) in [7, 11) is 0. The molecule has 0 aromatic heterocycles.